The van der Waals surface area contributed by atoms with Crippen LogP contribution in [-0.2, 0) is 6.54 Å². The van der Waals surface area contributed by atoms with Crippen LogP contribution in [0.15, 0.2) is 18.2 Å². The molecule has 1 atom stereocenters. The summed E-state index contributed by atoms with van der Waals surface area (Å²) in [4.78, 5) is 4.64. The third kappa shape index (κ3) is 2.87. The molecule has 3 nitrogen and oxygen atoms in total. The highest BCUT2D eigenvalue weighted by molar-refractivity contribution is 5.37. The van der Waals surface area contributed by atoms with Gasteiger partial charge in [-0.2, -0.15) is 5.26 Å². The summed E-state index contributed by atoms with van der Waals surface area (Å²) in [6.45, 7) is 5.96. The fourth-order valence-corrected chi connectivity index (χ4v) is 2.42. The van der Waals surface area contributed by atoms with Gasteiger partial charge in [-0.3, -0.25) is 4.90 Å². The quantitative estimate of drug-likeness (QED) is 0.798. The minimum atomic E-state index is -0.346. The molecule has 2 rings (SSSR count). The summed E-state index contributed by atoms with van der Waals surface area (Å²) in [5.41, 5.74) is 1.36. The number of hydrogen-bond acceptors (Lipinski definition) is 3. The van der Waals surface area contributed by atoms with E-state index in [2.05, 4.69) is 29.8 Å². The largest absolute Gasteiger partial charge is 0.304 e. The first-order chi connectivity index (χ1) is 8.60. The van der Waals surface area contributed by atoms with Crippen LogP contribution in [0.2, 0.25) is 0 Å². The fraction of sp³-hybridized carbons (Fsp3) is 0.500. The topological polar surface area (TPSA) is 30.3 Å². The van der Waals surface area contributed by atoms with Gasteiger partial charge in [0.05, 0.1) is 11.6 Å². The number of nitriles is 1. The van der Waals surface area contributed by atoms with Gasteiger partial charge in [0, 0.05) is 32.2 Å². The van der Waals surface area contributed by atoms with E-state index in [1.165, 1.54) is 12.1 Å². The highest BCUT2D eigenvalue weighted by Crippen LogP contribution is 2.16. The summed E-state index contributed by atoms with van der Waals surface area (Å²) in [7, 11) is 2.12. The smallest absolute Gasteiger partial charge is 0.124 e. The lowest BCUT2D eigenvalue weighted by Gasteiger charge is -2.38. The molecule has 1 unspecified atom stereocenters. The molecule has 4 heteroatoms. The Morgan fingerprint density at radius 3 is 2.89 bits per heavy atom. The van der Waals surface area contributed by atoms with Crippen LogP contribution in [-0.4, -0.2) is 42.5 Å². The Labute approximate surface area is 107 Å². The third-order valence-corrected chi connectivity index (χ3v) is 3.53. The molecule has 0 aromatic heterocycles. The van der Waals surface area contributed by atoms with Crippen molar-refractivity contribution in [1.82, 2.24) is 9.80 Å². The van der Waals surface area contributed by atoms with Gasteiger partial charge < -0.3 is 4.90 Å². The molecule has 0 bridgehead atoms. The molecule has 1 aromatic rings. The van der Waals surface area contributed by atoms with Crippen molar-refractivity contribution in [2.45, 2.75) is 19.5 Å². The number of likely N-dealkylation sites (N-methyl/N-ethyl adjacent to an activating group) is 1. The summed E-state index contributed by atoms with van der Waals surface area (Å²) in [5, 5.41) is 9.04. The summed E-state index contributed by atoms with van der Waals surface area (Å²) in [5.74, 6) is -0.346. The Bertz CT molecular complexity index is 467. The van der Waals surface area contributed by atoms with E-state index in [-0.39, 0.29) is 5.82 Å². The van der Waals surface area contributed by atoms with E-state index in [0.29, 0.717) is 11.6 Å². The zero-order valence-corrected chi connectivity index (χ0v) is 10.9. The normalized spacial score (nSPS) is 21.8. The molecule has 96 valence electrons. The molecule has 1 aromatic carbocycles. The maximum atomic E-state index is 13.1. The SMILES string of the molecule is CC1CN(C)CCN1Cc1ccc(F)cc1C#N. The second kappa shape index (κ2) is 5.47. The van der Waals surface area contributed by atoms with Crippen molar-refractivity contribution in [3.05, 3.63) is 35.1 Å². The minimum Gasteiger partial charge on any atom is -0.304 e. The summed E-state index contributed by atoms with van der Waals surface area (Å²) in [6, 6.07) is 7.00. The Hall–Kier alpha value is -1.44. The van der Waals surface area contributed by atoms with Crippen LogP contribution in [0.4, 0.5) is 4.39 Å². The molecule has 0 aliphatic carbocycles. The predicted octanol–water partition coefficient (Wildman–Crippen LogP) is 1.83. The van der Waals surface area contributed by atoms with Crippen molar-refractivity contribution in [1.29, 1.82) is 5.26 Å². The molecule has 1 aliphatic heterocycles. The van der Waals surface area contributed by atoms with Gasteiger partial charge >= 0.3 is 0 Å². The highest BCUT2D eigenvalue weighted by atomic mass is 19.1. The van der Waals surface area contributed by atoms with Crippen molar-refractivity contribution < 1.29 is 4.39 Å². The molecular weight excluding hydrogens is 229 g/mol. The monoisotopic (exact) mass is 247 g/mol. The first kappa shape index (κ1) is 13.0. The number of hydrogen-bond donors (Lipinski definition) is 0. The van der Waals surface area contributed by atoms with Crippen molar-refractivity contribution in [3.8, 4) is 6.07 Å². The van der Waals surface area contributed by atoms with E-state index in [9.17, 15) is 4.39 Å². The third-order valence-electron chi connectivity index (χ3n) is 3.53. The highest BCUT2D eigenvalue weighted by Gasteiger charge is 2.22. The maximum absolute atomic E-state index is 13.1. The lowest BCUT2D eigenvalue weighted by Crippen LogP contribution is -2.49. The number of halogens is 1. The lowest BCUT2D eigenvalue weighted by atomic mass is 10.1. The fourth-order valence-electron chi connectivity index (χ4n) is 2.42. The Kier molecular flexibility index (Phi) is 3.95. The second-order valence-corrected chi connectivity index (χ2v) is 5.00. The molecule has 0 spiro atoms. The van der Waals surface area contributed by atoms with Gasteiger partial charge in [0.2, 0.25) is 0 Å². The molecule has 1 saturated heterocycles. The minimum absolute atomic E-state index is 0.346. The van der Waals surface area contributed by atoms with Gasteiger partial charge in [-0.05, 0) is 31.7 Å². The van der Waals surface area contributed by atoms with Crippen LogP contribution in [0.5, 0.6) is 0 Å². The van der Waals surface area contributed by atoms with Gasteiger partial charge in [-0.15, -0.1) is 0 Å². The van der Waals surface area contributed by atoms with Crippen LogP contribution in [0.25, 0.3) is 0 Å². The predicted molar refractivity (Wildman–Crippen MR) is 68.5 cm³/mol. The average Bonchev–Trinajstić information content (AvgIpc) is 2.34. The molecule has 0 amide bonds. The first-order valence-electron chi connectivity index (χ1n) is 6.21. The molecule has 1 fully saturated rings. The molecule has 1 heterocycles. The van der Waals surface area contributed by atoms with Gasteiger partial charge in [0.25, 0.3) is 0 Å². The van der Waals surface area contributed by atoms with E-state index < -0.39 is 0 Å². The van der Waals surface area contributed by atoms with E-state index in [4.69, 9.17) is 5.26 Å². The Morgan fingerprint density at radius 1 is 1.44 bits per heavy atom. The number of nitrogens with zero attached hydrogens (tertiary/aromatic N) is 3. The average molecular weight is 247 g/mol. The summed E-state index contributed by atoms with van der Waals surface area (Å²) in [6.07, 6.45) is 0. The first-order valence-corrected chi connectivity index (χ1v) is 6.21. The van der Waals surface area contributed by atoms with Gasteiger partial charge in [-0.1, -0.05) is 6.07 Å². The van der Waals surface area contributed by atoms with Gasteiger partial charge in [0.1, 0.15) is 5.82 Å². The van der Waals surface area contributed by atoms with Crippen LogP contribution in [0.3, 0.4) is 0 Å². The van der Waals surface area contributed by atoms with Crippen LogP contribution >= 0.6 is 0 Å². The molecule has 18 heavy (non-hydrogen) atoms. The molecular formula is C14H18FN3. The number of rotatable bonds is 2. The van der Waals surface area contributed by atoms with Crippen molar-refractivity contribution in [2.75, 3.05) is 26.7 Å². The van der Waals surface area contributed by atoms with Crippen molar-refractivity contribution in [2.24, 2.45) is 0 Å². The van der Waals surface area contributed by atoms with E-state index in [0.717, 1.165) is 31.7 Å². The number of piperazine rings is 1. The zero-order chi connectivity index (χ0) is 13.1. The Balaban J connectivity index is 2.12. The second-order valence-electron chi connectivity index (χ2n) is 5.00. The standard InChI is InChI=1S/C14H18FN3/c1-11-9-17(2)5-6-18(11)10-12-3-4-14(15)7-13(12)8-16/h3-4,7,11H,5-6,9-10H2,1-2H3. The Morgan fingerprint density at radius 2 is 2.22 bits per heavy atom. The summed E-state index contributed by atoms with van der Waals surface area (Å²) < 4.78 is 13.1. The van der Waals surface area contributed by atoms with Crippen LogP contribution in [0.1, 0.15) is 18.1 Å². The lowest BCUT2D eigenvalue weighted by molar-refractivity contribution is 0.0937. The molecule has 0 N–H and O–H groups in total. The van der Waals surface area contributed by atoms with Crippen molar-refractivity contribution >= 4 is 0 Å². The van der Waals surface area contributed by atoms with E-state index in [1.54, 1.807) is 6.07 Å². The van der Waals surface area contributed by atoms with Gasteiger partial charge in [-0.25, -0.2) is 4.39 Å². The van der Waals surface area contributed by atoms with E-state index >= 15 is 0 Å². The zero-order valence-electron chi connectivity index (χ0n) is 10.9. The number of benzene rings is 1. The molecule has 0 saturated carbocycles. The van der Waals surface area contributed by atoms with E-state index in [1.807, 2.05) is 0 Å². The van der Waals surface area contributed by atoms with Crippen molar-refractivity contribution in [3.63, 3.8) is 0 Å². The van der Waals surface area contributed by atoms with Gasteiger partial charge in [0.15, 0.2) is 0 Å². The maximum Gasteiger partial charge on any atom is 0.124 e. The molecule has 1 aliphatic rings. The molecule has 0 radical (unpaired) electrons. The summed E-state index contributed by atoms with van der Waals surface area (Å²) >= 11 is 0. The van der Waals surface area contributed by atoms with Crippen LogP contribution in [0, 0.1) is 17.1 Å². The van der Waals surface area contributed by atoms with Crippen LogP contribution < -0.4 is 0 Å².